The van der Waals surface area contributed by atoms with Crippen LogP contribution in [0.3, 0.4) is 0 Å². The Bertz CT molecular complexity index is 371. The smallest absolute Gasteiger partial charge is 0.118 e. The van der Waals surface area contributed by atoms with Gasteiger partial charge in [-0.1, -0.05) is 31.4 Å². The molecule has 0 unspecified atom stereocenters. The highest BCUT2D eigenvalue weighted by molar-refractivity contribution is 5.30. The predicted octanol–water partition coefficient (Wildman–Crippen LogP) is 2.68. The third-order valence-electron chi connectivity index (χ3n) is 4.34. The molecule has 0 bridgehead atoms. The molecule has 0 aromatic heterocycles. The van der Waals surface area contributed by atoms with Crippen LogP contribution in [0.4, 0.5) is 0 Å². The van der Waals surface area contributed by atoms with Crippen molar-refractivity contribution in [2.24, 2.45) is 11.7 Å². The van der Waals surface area contributed by atoms with Gasteiger partial charge < -0.3 is 15.6 Å². The number of hydrogen-bond donors (Lipinski definition) is 2. The molecule has 3 nitrogen and oxygen atoms in total. The van der Waals surface area contributed by atoms with E-state index in [1.165, 1.54) is 19.3 Å². The zero-order valence-corrected chi connectivity index (χ0v) is 11.7. The molecule has 2 atom stereocenters. The highest BCUT2D eigenvalue weighted by Crippen LogP contribution is 2.33. The number of aliphatic hydroxyl groups is 1. The van der Waals surface area contributed by atoms with Gasteiger partial charge in [-0.3, -0.25) is 0 Å². The Morgan fingerprint density at radius 3 is 2.37 bits per heavy atom. The van der Waals surface area contributed by atoms with E-state index < -0.39 is 0 Å². The Balaban J connectivity index is 2.08. The summed E-state index contributed by atoms with van der Waals surface area (Å²) in [6, 6.07) is 7.90. The van der Waals surface area contributed by atoms with Crippen molar-refractivity contribution in [3.05, 3.63) is 29.8 Å². The number of rotatable bonds is 5. The van der Waals surface area contributed by atoms with Crippen molar-refractivity contribution >= 4 is 0 Å². The van der Waals surface area contributed by atoms with E-state index in [9.17, 15) is 5.11 Å². The van der Waals surface area contributed by atoms with Crippen molar-refractivity contribution in [1.29, 1.82) is 0 Å². The average molecular weight is 263 g/mol. The van der Waals surface area contributed by atoms with Gasteiger partial charge in [0.2, 0.25) is 0 Å². The molecule has 1 aliphatic carbocycles. The summed E-state index contributed by atoms with van der Waals surface area (Å²) in [6.07, 6.45) is 5.72. The molecule has 0 saturated heterocycles. The Kier molecular flexibility index (Phi) is 5.23. The third-order valence-corrected chi connectivity index (χ3v) is 4.34. The summed E-state index contributed by atoms with van der Waals surface area (Å²) >= 11 is 0. The van der Waals surface area contributed by atoms with Crippen LogP contribution in [0.1, 0.15) is 43.6 Å². The number of ether oxygens (including phenoxy) is 1. The second kappa shape index (κ2) is 6.92. The van der Waals surface area contributed by atoms with E-state index in [1.54, 1.807) is 7.11 Å². The van der Waals surface area contributed by atoms with Crippen molar-refractivity contribution < 1.29 is 9.84 Å². The summed E-state index contributed by atoms with van der Waals surface area (Å²) in [5, 5.41) is 10.6. The topological polar surface area (TPSA) is 55.5 Å². The van der Waals surface area contributed by atoms with Crippen LogP contribution < -0.4 is 10.5 Å². The summed E-state index contributed by atoms with van der Waals surface area (Å²) in [5.74, 6) is 1.28. The molecule has 0 aliphatic heterocycles. The van der Waals surface area contributed by atoms with Gasteiger partial charge in [0.05, 0.1) is 13.2 Å². The van der Waals surface area contributed by atoms with Crippen LogP contribution in [0.15, 0.2) is 24.3 Å². The van der Waals surface area contributed by atoms with Gasteiger partial charge in [-0.25, -0.2) is 0 Å². The third kappa shape index (κ3) is 3.48. The van der Waals surface area contributed by atoms with E-state index in [1.807, 2.05) is 24.3 Å². The summed E-state index contributed by atoms with van der Waals surface area (Å²) in [6.45, 7) is 0.490. The fourth-order valence-corrected chi connectivity index (χ4v) is 3.13. The SMILES string of the molecule is COc1ccc([C@H](CN)[C@H](O)C2CCCCC2)cc1. The van der Waals surface area contributed by atoms with Gasteiger partial charge in [0.25, 0.3) is 0 Å². The van der Waals surface area contributed by atoms with Crippen LogP contribution in [-0.4, -0.2) is 24.9 Å². The standard InChI is InChI=1S/C16H25NO2/c1-19-14-9-7-12(8-10-14)15(11-17)16(18)13-5-3-2-4-6-13/h7-10,13,15-16,18H,2-6,11,17H2,1H3/t15-,16+/m0/s1. The van der Waals surface area contributed by atoms with Crippen molar-refractivity contribution in [1.82, 2.24) is 0 Å². The van der Waals surface area contributed by atoms with E-state index in [0.29, 0.717) is 12.5 Å². The monoisotopic (exact) mass is 263 g/mol. The van der Waals surface area contributed by atoms with E-state index in [-0.39, 0.29) is 12.0 Å². The quantitative estimate of drug-likeness (QED) is 0.858. The largest absolute Gasteiger partial charge is 0.497 e. The number of aliphatic hydroxyl groups excluding tert-OH is 1. The Hall–Kier alpha value is -1.06. The molecule has 19 heavy (non-hydrogen) atoms. The van der Waals surface area contributed by atoms with Crippen LogP contribution in [0.2, 0.25) is 0 Å². The van der Waals surface area contributed by atoms with E-state index in [2.05, 4.69) is 0 Å². The molecule has 106 valence electrons. The lowest BCUT2D eigenvalue weighted by molar-refractivity contribution is 0.0624. The van der Waals surface area contributed by atoms with Crippen LogP contribution in [0.5, 0.6) is 5.75 Å². The number of benzene rings is 1. The number of methoxy groups -OCH3 is 1. The minimum absolute atomic E-state index is 0.0361. The minimum Gasteiger partial charge on any atom is -0.497 e. The summed E-state index contributed by atoms with van der Waals surface area (Å²) < 4.78 is 5.17. The molecule has 1 aliphatic rings. The molecule has 1 aromatic rings. The number of hydrogen-bond acceptors (Lipinski definition) is 3. The van der Waals surface area contributed by atoms with Crippen molar-refractivity contribution in [2.45, 2.75) is 44.1 Å². The minimum atomic E-state index is -0.321. The average Bonchev–Trinajstić information content (AvgIpc) is 2.49. The van der Waals surface area contributed by atoms with E-state index >= 15 is 0 Å². The van der Waals surface area contributed by atoms with Gasteiger partial charge in [-0.2, -0.15) is 0 Å². The molecule has 1 saturated carbocycles. The van der Waals surface area contributed by atoms with Gasteiger partial charge in [0.1, 0.15) is 5.75 Å². The summed E-state index contributed by atoms with van der Waals surface area (Å²) in [7, 11) is 1.66. The van der Waals surface area contributed by atoms with E-state index in [4.69, 9.17) is 10.5 Å². The van der Waals surface area contributed by atoms with Crippen molar-refractivity contribution in [3.63, 3.8) is 0 Å². The Morgan fingerprint density at radius 1 is 1.21 bits per heavy atom. The Labute approximate surface area is 115 Å². The second-order valence-electron chi connectivity index (χ2n) is 5.50. The maximum Gasteiger partial charge on any atom is 0.118 e. The normalized spacial score (nSPS) is 19.9. The van der Waals surface area contributed by atoms with Gasteiger partial charge in [-0.05, 0) is 36.5 Å². The second-order valence-corrected chi connectivity index (χ2v) is 5.50. The van der Waals surface area contributed by atoms with Gasteiger partial charge in [0.15, 0.2) is 0 Å². The first-order valence-electron chi connectivity index (χ1n) is 7.28. The fourth-order valence-electron chi connectivity index (χ4n) is 3.13. The zero-order chi connectivity index (χ0) is 13.7. The molecule has 0 spiro atoms. The van der Waals surface area contributed by atoms with Crippen LogP contribution in [0, 0.1) is 5.92 Å². The lowest BCUT2D eigenvalue weighted by atomic mass is 9.78. The van der Waals surface area contributed by atoms with Gasteiger partial charge in [0, 0.05) is 12.5 Å². The maximum atomic E-state index is 10.6. The summed E-state index contributed by atoms with van der Waals surface area (Å²) in [4.78, 5) is 0. The lowest BCUT2D eigenvalue weighted by Gasteiger charge is -2.32. The first-order valence-corrected chi connectivity index (χ1v) is 7.28. The van der Waals surface area contributed by atoms with Crippen LogP contribution in [-0.2, 0) is 0 Å². The molecule has 0 radical (unpaired) electrons. The highest BCUT2D eigenvalue weighted by Gasteiger charge is 2.29. The zero-order valence-electron chi connectivity index (χ0n) is 11.7. The highest BCUT2D eigenvalue weighted by atomic mass is 16.5. The Morgan fingerprint density at radius 2 is 1.84 bits per heavy atom. The molecule has 0 heterocycles. The molecule has 1 fully saturated rings. The fraction of sp³-hybridized carbons (Fsp3) is 0.625. The van der Waals surface area contributed by atoms with Crippen LogP contribution in [0.25, 0.3) is 0 Å². The molecular weight excluding hydrogens is 238 g/mol. The molecule has 0 amide bonds. The van der Waals surface area contributed by atoms with Gasteiger partial charge >= 0.3 is 0 Å². The van der Waals surface area contributed by atoms with Crippen molar-refractivity contribution in [2.75, 3.05) is 13.7 Å². The lowest BCUT2D eigenvalue weighted by Crippen LogP contribution is -2.33. The predicted molar refractivity (Wildman–Crippen MR) is 77.4 cm³/mol. The molecular formula is C16H25NO2. The van der Waals surface area contributed by atoms with Crippen LogP contribution >= 0.6 is 0 Å². The van der Waals surface area contributed by atoms with Gasteiger partial charge in [-0.15, -0.1) is 0 Å². The maximum absolute atomic E-state index is 10.6. The van der Waals surface area contributed by atoms with Crippen molar-refractivity contribution in [3.8, 4) is 5.75 Å². The first-order chi connectivity index (χ1) is 9.26. The first kappa shape index (κ1) is 14.4. The number of nitrogens with two attached hydrogens (primary N) is 1. The molecule has 1 aromatic carbocycles. The molecule has 3 N–H and O–H groups in total. The van der Waals surface area contributed by atoms with E-state index in [0.717, 1.165) is 24.2 Å². The molecule has 3 heteroatoms. The summed E-state index contributed by atoms with van der Waals surface area (Å²) in [5.41, 5.74) is 7.00. The molecule has 2 rings (SSSR count).